The Morgan fingerprint density at radius 1 is 1.53 bits per heavy atom. The predicted octanol–water partition coefficient (Wildman–Crippen LogP) is 2.74. The molecule has 19 heavy (non-hydrogen) atoms. The van der Waals surface area contributed by atoms with Crippen LogP contribution in [-0.2, 0) is 6.54 Å². The predicted molar refractivity (Wildman–Crippen MR) is 69.6 cm³/mol. The number of nitro groups is 1. The number of rotatable bonds is 5. The van der Waals surface area contributed by atoms with Crippen molar-refractivity contribution in [2.45, 2.75) is 26.4 Å². The number of nitro benzene ring substituents is 1. The van der Waals surface area contributed by atoms with Crippen molar-refractivity contribution < 1.29 is 9.34 Å². The van der Waals surface area contributed by atoms with Gasteiger partial charge in [-0.05, 0) is 19.4 Å². The first-order valence-corrected chi connectivity index (χ1v) is 5.95. The second kappa shape index (κ2) is 5.62. The van der Waals surface area contributed by atoms with E-state index in [1.165, 1.54) is 6.07 Å². The Kier molecular flexibility index (Phi) is 3.91. The Morgan fingerprint density at radius 3 is 2.95 bits per heavy atom. The summed E-state index contributed by atoms with van der Waals surface area (Å²) in [4.78, 5) is 14.4. The molecule has 0 spiro atoms. The Bertz CT molecular complexity index is 580. The first-order chi connectivity index (χ1) is 9.06. The molecule has 0 aliphatic carbocycles. The molecule has 1 N–H and O–H groups in total. The number of hydrogen-bond acceptors (Lipinski definition) is 5. The fourth-order valence-corrected chi connectivity index (χ4v) is 1.71. The molecule has 1 heterocycles. The van der Waals surface area contributed by atoms with Crippen LogP contribution in [0.2, 0.25) is 0 Å². The lowest BCUT2D eigenvalue weighted by molar-refractivity contribution is -0.384. The van der Waals surface area contributed by atoms with E-state index < -0.39 is 4.92 Å². The zero-order chi connectivity index (χ0) is 13.8. The van der Waals surface area contributed by atoms with E-state index in [0.29, 0.717) is 12.4 Å². The average Bonchev–Trinajstić information content (AvgIpc) is 2.83. The van der Waals surface area contributed by atoms with Gasteiger partial charge >= 0.3 is 0 Å². The van der Waals surface area contributed by atoms with Crippen LogP contribution < -0.4 is 5.32 Å². The minimum absolute atomic E-state index is 0.0482. The summed E-state index contributed by atoms with van der Waals surface area (Å²) in [5.74, 6) is 1.38. The molecule has 0 saturated carbocycles. The number of benzene rings is 1. The summed E-state index contributed by atoms with van der Waals surface area (Å²) in [5, 5.41) is 13.9. The van der Waals surface area contributed by atoms with Crippen molar-refractivity contribution in [1.29, 1.82) is 0 Å². The van der Waals surface area contributed by atoms with E-state index in [9.17, 15) is 10.1 Å². The minimum Gasteiger partial charge on any atom is -0.444 e. The van der Waals surface area contributed by atoms with Gasteiger partial charge in [0.05, 0.1) is 17.2 Å². The normalized spacial score (nSPS) is 12.3. The molecule has 1 aromatic carbocycles. The highest BCUT2D eigenvalue weighted by Gasteiger charge is 2.11. The fraction of sp³-hybridized carbons (Fsp3) is 0.308. The maximum atomic E-state index is 10.7. The SMILES string of the molecule is Cc1cnc([C@H](C)NCc2cccc([N+](=O)[O-])c2)o1. The molecule has 0 unspecified atom stereocenters. The molecule has 0 aliphatic heterocycles. The van der Waals surface area contributed by atoms with Crippen LogP contribution in [0, 0.1) is 17.0 Å². The van der Waals surface area contributed by atoms with Crippen molar-refractivity contribution in [1.82, 2.24) is 10.3 Å². The summed E-state index contributed by atoms with van der Waals surface area (Å²) < 4.78 is 5.41. The second-order valence-corrected chi connectivity index (χ2v) is 4.34. The average molecular weight is 261 g/mol. The molecule has 1 aromatic heterocycles. The second-order valence-electron chi connectivity index (χ2n) is 4.34. The van der Waals surface area contributed by atoms with Crippen LogP contribution in [0.4, 0.5) is 5.69 Å². The lowest BCUT2D eigenvalue weighted by Crippen LogP contribution is -2.18. The molecular weight excluding hydrogens is 246 g/mol. The van der Waals surface area contributed by atoms with Gasteiger partial charge in [0, 0.05) is 18.7 Å². The summed E-state index contributed by atoms with van der Waals surface area (Å²) in [6, 6.07) is 6.50. The zero-order valence-corrected chi connectivity index (χ0v) is 10.8. The lowest BCUT2D eigenvalue weighted by atomic mass is 10.2. The van der Waals surface area contributed by atoms with Crippen molar-refractivity contribution in [3.8, 4) is 0 Å². The number of aromatic nitrogens is 1. The number of nitrogens with one attached hydrogen (secondary N) is 1. The molecule has 1 atom stereocenters. The molecule has 0 aliphatic rings. The number of hydrogen-bond donors (Lipinski definition) is 1. The molecule has 0 amide bonds. The number of oxazole rings is 1. The van der Waals surface area contributed by atoms with Gasteiger partial charge in [-0.15, -0.1) is 0 Å². The fourth-order valence-electron chi connectivity index (χ4n) is 1.71. The van der Waals surface area contributed by atoms with Gasteiger partial charge in [0.25, 0.3) is 5.69 Å². The highest BCUT2D eigenvalue weighted by molar-refractivity contribution is 5.34. The van der Waals surface area contributed by atoms with Gasteiger partial charge in [0.2, 0.25) is 5.89 Å². The monoisotopic (exact) mass is 261 g/mol. The quantitative estimate of drug-likeness (QED) is 0.661. The summed E-state index contributed by atoms with van der Waals surface area (Å²) >= 11 is 0. The summed E-state index contributed by atoms with van der Waals surface area (Å²) in [5.41, 5.74) is 0.947. The van der Waals surface area contributed by atoms with Crippen LogP contribution in [-0.4, -0.2) is 9.91 Å². The van der Waals surface area contributed by atoms with Gasteiger partial charge in [0.1, 0.15) is 5.76 Å². The molecule has 100 valence electrons. The Balaban J connectivity index is 1.98. The minimum atomic E-state index is -0.398. The van der Waals surface area contributed by atoms with Gasteiger partial charge in [0.15, 0.2) is 0 Å². The summed E-state index contributed by atoms with van der Waals surface area (Å²) in [6.07, 6.45) is 1.67. The van der Waals surface area contributed by atoms with E-state index in [-0.39, 0.29) is 11.7 Å². The number of nitrogens with zero attached hydrogens (tertiary/aromatic N) is 2. The van der Waals surface area contributed by atoms with E-state index in [1.807, 2.05) is 19.9 Å². The topological polar surface area (TPSA) is 81.2 Å². The van der Waals surface area contributed by atoms with Crippen LogP contribution in [0.1, 0.15) is 30.2 Å². The van der Waals surface area contributed by atoms with Crippen LogP contribution >= 0.6 is 0 Å². The molecule has 6 heteroatoms. The molecule has 0 fully saturated rings. The van der Waals surface area contributed by atoms with E-state index in [1.54, 1.807) is 18.3 Å². The van der Waals surface area contributed by atoms with Gasteiger partial charge in [-0.25, -0.2) is 4.98 Å². The van der Waals surface area contributed by atoms with Gasteiger partial charge < -0.3 is 9.73 Å². The molecule has 0 radical (unpaired) electrons. The van der Waals surface area contributed by atoms with Crippen molar-refractivity contribution in [3.05, 3.63) is 57.8 Å². The molecule has 6 nitrogen and oxygen atoms in total. The van der Waals surface area contributed by atoms with Crippen LogP contribution in [0.25, 0.3) is 0 Å². The summed E-state index contributed by atoms with van der Waals surface area (Å²) in [6.45, 7) is 4.29. The van der Waals surface area contributed by atoms with Crippen LogP contribution in [0.3, 0.4) is 0 Å². The third kappa shape index (κ3) is 3.38. The van der Waals surface area contributed by atoms with E-state index in [4.69, 9.17) is 4.42 Å². The maximum absolute atomic E-state index is 10.7. The first kappa shape index (κ1) is 13.2. The molecule has 0 bridgehead atoms. The molecule has 2 rings (SSSR count). The van der Waals surface area contributed by atoms with Crippen molar-refractivity contribution in [2.75, 3.05) is 0 Å². The van der Waals surface area contributed by atoms with Gasteiger partial charge in [-0.3, -0.25) is 10.1 Å². The Labute approximate surface area is 110 Å². The maximum Gasteiger partial charge on any atom is 0.269 e. The van der Waals surface area contributed by atoms with Crippen molar-refractivity contribution in [3.63, 3.8) is 0 Å². The third-order valence-electron chi connectivity index (χ3n) is 2.74. The lowest BCUT2D eigenvalue weighted by Gasteiger charge is -2.10. The van der Waals surface area contributed by atoms with E-state index in [2.05, 4.69) is 10.3 Å². The summed E-state index contributed by atoms with van der Waals surface area (Å²) in [7, 11) is 0. The van der Waals surface area contributed by atoms with E-state index in [0.717, 1.165) is 11.3 Å². The Hall–Kier alpha value is -2.21. The largest absolute Gasteiger partial charge is 0.444 e. The molecule has 0 saturated heterocycles. The highest BCUT2D eigenvalue weighted by atomic mass is 16.6. The van der Waals surface area contributed by atoms with Crippen molar-refractivity contribution >= 4 is 5.69 Å². The highest BCUT2D eigenvalue weighted by Crippen LogP contribution is 2.15. The van der Waals surface area contributed by atoms with Crippen LogP contribution in [0.15, 0.2) is 34.9 Å². The Morgan fingerprint density at radius 2 is 2.32 bits per heavy atom. The van der Waals surface area contributed by atoms with Crippen molar-refractivity contribution in [2.24, 2.45) is 0 Å². The van der Waals surface area contributed by atoms with Crippen LogP contribution in [0.5, 0.6) is 0 Å². The van der Waals surface area contributed by atoms with E-state index >= 15 is 0 Å². The van der Waals surface area contributed by atoms with Gasteiger partial charge in [-0.2, -0.15) is 0 Å². The smallest absolute Gasteiger partial charge is 0.269 e. The zero-order valence-electron chi connectivity index (χ0n) is 10.8. The standard InChI is InChI=1S/C13H15N3O3/c1-9-7-15-13(19-9)10(2)14-8-11-4-3-5-12(6-11)16(17)18/h3-7,10,14H,8H2,1-2H3/t10-/m0/s1. The van der Waals surface area contributed by atoms with Gasteiger partial charge in [-0.1, -0.05) is 12.1 Å². The number of aryl methyl sites for hydroxylation is 1. The third-order valence-corrected chi connectivity index (χ3v) is 2.74. The first-order valence-electron chi connectivity index (χ1n) is 5.95. The molecule has 2 aromatic rings. The number of non-ortho nitro benzene ring substituents is 1. The molecular formula is C13H15N3O3.